The van der Waals surface area contributed by atoms with E-state index in [9.17, 15) is 0 Å². The fourth-order valence-corrected chi connectivity index (χ4v) is 1.37. The standard InChI is InChI=1S/C10H14N2O/c1-2-9(10(11)12-13)8-6-4-3-5-7-8/h3-7,9,13H,2H2,1H3,(H2,11,12). The van der Waals surface area contributed by atoms with Crippen molar-refractivity contribution in [3.05, 3.63) is 35.9 Å². The van der Waals surface area contributed by atoms with E-state index in [0.29, 0.717) is 0 Å². The van der Waals surface area contributed by atoms with E-state index in [1.807, 2.05) is 37.3 Å². The van der Waals surface area contributed by atoms with Crippen LogP contribution in [0, 0.1) is 0 Å². The molecule has 0 aliphatic carbocycles. The molecule has 1 aromatic carbocycles. The van der Waals surface area contributed by atoms with E-state index in [2.05, 4.69) is 5.16 Å². The Kier molecular flexibility index (Phi) is 3.31. The number of amidine groups is 1. The third-order valence-electron chi connectivity index (χ3n) is 2.08. The van der Waals surface area contributed by atoms with Crippen molar-refractivity contribution >= 4 is 5.84 Å². The first kappa shape index (κ1) is 9.58. The second-order valence-electron chi connectivity index (χ2n) is 2.90. The normalized spacial score (nSPS) is 14.1. The molecule has 3 heteroatoms. The van der Waals surface area contributed by atoms with Gasteiger partial charge in [0, 0.05) is 5.92 Å². The minimum Gasteiger partial charge on any atom is -0.409 e. The summed E-state index contributed by atoms with van der Waals surface area (Å²) in [6, 6.07) is 9.80. The van der Waals surface area contributed by atoms with Crippen LogP contribution in [-0.4, -0.2) is 11.0 Å². The van der Waals surface area contributed by atoms with Gasteiger partial charge in [0.1, 0.15) is 5.84 Å². The Hall–Kier alpha value is -1.51. The third kappa shape index (κ3) is 2.21. The molecule has 3 nitrogen and oxygen atoms in total. The molecule has 0 bridgehead atoms. The predicted molar refractivity (Wildman–Crippen MR) is 52.9 cm³/mol. The van der Waals surface area contributed by atoms with Crippen molar-refractivity contribution in [3.63, 3.8) is 0 Å². The van der Waals surface area contributed by atoms with Crippen molar-refractivity contribution < 1.29 is 5.21 Å². The van der Waals surface area contributed by atoms with Crippen LogP contribution < -0.4 is 5.73 Å². The Bertz CT molecular complexity index is 282. The van der Waals surface area contributed by atoms with Crippen LogP contribution in [0.25, 0.3) is 0 Å². The Balaban J connectivity index is 2.91. The maximum atomic E-state index is 8.56. The number of nitrogens with two attached hydrogens (primary N) is 1. The van der Waals surface area contributed by atoms with Gasteiger partial charge in [-0.25, -0.2) is 0 Å². The Morgan fingerprint density at radius 2 is 2.08 bits per heavy atom. The molecule has 0 fully saturated rings. The average molecular weight is 178 g/mol. The summed E-state index contributed by atoms with van der Waals surface area (Å²) in [6.45, 7) is 2.01. The molecule has 0 aromatic heterocycles. The molecule has 13 heavy (non-hydrogen) atoms. The first-order valence-corrected chi connectivity index (χ1v) is 4.32. The number of benzene rings is 1. The van der Waals surface area contributed by atoms with Crippen LogP contribution >= 0.6 is 0 Å². The van der Waals surface area contributed by atoms with E-state index in [-0.39, 0.29) is 11.8 Å². The van der Waals surface area contributed by atoms with Gasteiger partial charge in [0.15, 0.2) is 0 Å². The van der Waals surface area contributed by atoms with Crippen LogP contribution in [0.4, 0.5) is 0 Å². The fourth-order valence-electron chi connectivity index (χ4n) is 1.37. The molecule has 1 aromatic rings. The van der Waals surface area contributed by atoms with Gasteiger partial charge in [-0.15, -0.1) is 0 Å². The first-order chi connectivity index (χ1) is 6.29. The summed E-state index contributed by atoms with van der Waals surface area (Å²) in [4.78, 5) is 0. The summed E-state index contributed by atoms with van der Waals surface area (Å²) < 4.78 is 0. The molecule has 0 saturated heterocycles. The Morgan fingerprint density at radius 1 is 1.46 bits per heavy atom. The largest absolute Gasteiger partial charge is 0.409 e. The Morgan fingerprint density at radius 3 is 2.54 bits per heavy atom. The summed E-state index contributed by atoms with van der Waals surface area (Å²) in [5.41, 5.74) is 6.64. The maximum absolute atomic E-state index is 8.56. The molecule has 0 aliphatic heterocycles. The smallest absolute Gasteiger partial charge is 0.146 e. The van der Waals surface area contributed by atoms with Gasteiger partial charge in [-0.2, -0.15) is 0 Å². The van der Waals surface area contributed by atoms with Crippen LogP contribution in [0.15, 0.2) is 35.5 Å². The lowest BCUT2D eigenvalue weighted by molar-refractivity contribution is 0.315. The summed E-state index contributed by atoms with van der Waals surface area (Å²) in [5.74, 6) is 0.292. The molecule has 0 radical (unpaired) electrons. The second kappa shape index (κ2) is 4.50. The Labute approximate surface area is 77.9 Å². The molecule has 0 heterocycles. The lowest BCUT2D eigenvalue weighted by Gasteiger charge is -2.12. The highest BCUT2D eigenvalue weighted by molar-refractivity contribution is 5.86. The molecule has 0 saturated carbocycles. The molecular formula is C10H14N2O. The zero-order valence-corrected chi connectivity index (χ0v) is 7.64. The van der Waals surface area contributed by atoms with Gasteiger partial charge < -0.3 is 10.9 Å². The maximum Gasteiger partial charge on any atom is 0.146 e. The van der Waals surface area contributed by atoms with E-state index in [1.165, 1.54) is 0 Å². The summed E-state index contributed by atoms with van der Waals surface area (Å²) >= 11 is 0. The number of hydrogen-bond acceptors (Lipinski definition) is 2. The van der Waals surface area contributed by atoms with Crippen LogP contribution in [0.2, 0.25) is 0 Å². The van der Waals surface area contributed by atoms with Gasteiger partial charge in [-0.05, 0) is 12.0 Å². The zero-order chi connectivity index (χ0) is 9.68. The molecule has 0 amide bonds. The van der Waals surface area contributed by atoms with E-state index >= 15 is 0 Å². The van der Waals surface area contributed by atoms with Crippen molar-refractivity contribution in [1.29, 1.82) is 0 Å². The minimum absolute atomic E-state index is 0.0196. The average Bonchev–Trinajstić information content (AvgIpc) is 2.20. The van der Waals surface area contributed by atoms with Crippen molar-refractivity contribution in [2.24, 2.45) is 10.9 Å². The van der Waals surface area contributed by atoms with Gasteiger partial charge >= 0.3 is 0 Å². The topological polar surface area (TPSA) is 58.6 Å². The van der Waals surface area contributed by atoms with E-state index in [4.69, 9.17) is 10.9 Å². The minimum atomic E-state index is 0.0196. The molecule has 1 atom stereocenters. The van der Waals surface area contributed by atoms with Gasteiger partial charge in [0.2, 0.25) is 0 Å². The highest BCUT2D eigenvalue weighted by Crippen LogP contribution is 2.18. The van der Waals surface area contributed by atoms with Gasteiger partial charge in [0.25, 0.3) is 0 Å². The summed E-state index contributed by atoms with van der Waals surface area (Å²) in [6.07, 6.45) is 0.833. The lowest BCUT2D eigenvalue weighted by Crippen LogP contribution is -2.21. The number of oxime groups is 1. The first-order valence-electron chi connectivity index (χ1n) is 4.32. The monoisotopic (exact) mass is 178 g/mol. The quantitative estimate of drug-likeness (QED) is 0.321. The molecule has 1 unspecified atom stereocenters. The van der Waals surface area contributed by atoms with Gasteiger partial charge in [0.05, 0.1) is 0 Å². The summed E-state index contributed by atoms with van der Waals surface area (Å²) in [5, 5.41) is 11.6. The number of nitrogens with zero attached hydrogens (tertiary/aromatic N) is 1. The van der Waals surface area contributed by atoms with Crippen LogP contribution in [0.5, 0.6) is 0 Å². The lowest BCUT2D eigenvalue weighted by atomic mass is 9.96. The van der Waals surface area contributed by atoms with Gasteiger partial charge in [-0.3, -0.25) is 0 Å². The third-order valence-corrected chi connectivity index (χ3v) is 2.08. The second-order valence-corrected chi connectivity index (χ2v) is 2.90. The van der Waals surface area contributed by atoms with Crippen LogP contribution in [0.1, 0.15) is 24.8 Å². The van der Waals surface area contributed by atoms with Crippen molar-refractivity contribution in [2.45, 2.75) is 19.3 Å². The summed E-state index contributed by atoms with van der Waals surface area (Å²) in [7, 11) is 0. The predicted octanol–water partition coefficient (Wildman–Crippen LogP) is 1.93. The van der Waals surface area contributed by atoms with E-state index in [1.54, 1.807) is 0 Å². The number of hydrogen-bond donors (Lipinski definition) is 2. The molecule has 3 N–H and O–H groups in total. The molecule has 0 spiro atoms. The SMILES string of the molecule is CCC(C(N)=NO)c1ccccc1. The zero-order valence-electron chi connectivity index (χ0n) is 7.64. The van der Waals surface area contributed by atoms with Crippen molar-refractivity contribution in [3.8, 4) is 0 Å². The molecule has 0 aliphatic rings. The van der Waals surface area contributed by atoms with E-state index < -0.39 is 0 Å². The van der Waals surface area contributed by atoms with Crippen molar-refractivity contribution in [2.75, 3.05) is 0 Å². The van der Waals surface area contributed by atoms with E-state index in [0.717, 1.165) is 12.0 Å². The number of rotatable bonds is 3. The molecule has 1 rings (SSSR count). The molecular weight excluding hydrogens is 164 g/mol. The highest BCUT2D eigenvalue weighted by Gasteiger charge is 2.13. The van der Waals surface area contributed by atoms with Crippen LogP contribution in [0.3, 0.4) is 0 Å². The highest BCUT2D eigenvalue weighted by atomic mass is 16.4. The fraction of sp³-hybridized carbons (Fsp3) is 0.300. The van der Waals surface area contributed by atoms with Crippen LogP contribution in [-0.2, 0) is 0 Å². The molecule has 70 valence electrons. The van der Waals surface area contributed by atoms with Gasteiger partial charge in [-0.1, -0.05) is 42.4 Å². The van der Waals surface area contributed by atoms with Crippen molar-refractivity contribution in [1.82, 2.24) is 0 Å².